The Morgan fingerprint density at radius 2 is 1.43 bits per heavy atom. The molecule has 0 aliphatic rings. The maximum Gasteiger partial charge on any atom is 0.326 e. The van der Waals surface area contributed by atoms with Gasteiger partial charge in [-0.2, -0.15) is 0 Å². The van der Waals surface area contributed by atoms with Gasteiger partial charge in [-0.3, -0.25) is 14.4 Å². The summed E-state index contributed by atoms with van der Waals surface area (Å²) in [5.74, 6) is -2.73. The highest BCUT2D eigenvalue weighted by molar-refractivity contribution is 7.09. The van der Waals surface area contributed by atoms with E-state index >= 15 is 0 Å². The van der Waals surface area contributed by atoms with E-state index in [2.05, 4.69) is 20.9 Å². The summed E-state index contributed by atoms with van der Waals surface area (Å²) in [6.45, 7) is 3.57. The van der Waals surface area contributed by atoms with Crippen molar-refractivity contribution in [3.05, 3.63) is 87.9 Å². The highest BCUT2D eigenvalue weighted by atomic mass is 32.1. The Hall–Kier alpha value is -4.09. The Balaban J connectivity index is 1.73. The van der Waals surface area contributed by atoms with Crippen LogP contribution in [0.3, 0.4) is 0 Å². The molecule has 3 aromatic rings. The second kappa shape index (κ2) is 16.4. The van der Waals surface area contributed by atoms with Gasteiger partial charge >= 0.3 is 5.97 Å². The van der Waals surface area contributed by atoms with E-state index in [1.807, 2.05) is 50.2 Å². The number of aliphatic hydroxyl groups is 1. The molecule has 2 aromatic carbocycles. The third kappa shape index (κ3) is 10.7. The summed E-state index contributed by atoms with van der Waals surface area (Å²) in [6, 6.07) is 15.4. The molecule has 0 aliphatic heterocycles. The van der Waals surface area contributed by atoms with Crippen LogP contribution in [0.2, 0.25) is 0 Å². The summed E-state index contributed by atoms with van der Waals surface area (Å²) in [5, 5.41) is 29.3. The Morgan fingerprint density at radius 1 is 0.833 bits per heavy atom. The molecular weight excluding hydrogens is 556 g/mol. The lowest BCUT2D eigenvalue weighted by Gasteiger charge is -2.25. The van der Waals surface area contributed by atoms with Gasteiger partial charge in [-0.05, 0) is 36.3 Å². The maximum absolute atomic E-state index is 13.5. The van der Waals surface area contributed by atoms with E-state index in [0.29, 0.717) is 17.1 Å². The van der Waals surface area contributed by atoms with Crippen molar-refractivity contribution in [2.75, 3.05) is 0 Å². The van der Waals surface area contributed by atoms with E-state index in [4.69, 9.17) is 0 Å². The van der Waals surface area contributed by atoms with Gasteiger partial charge in [-0.25, -0.2) is 9.78 Å². The molecule has 0 saturated heterocycles. The SMILES string of the molecule is CC(C)C[C@H](NC(=O)[C@H](CCc1ccccc1)NC(=O)Cc1csc(CO)n1)C(=O)N[C@@H](Cc1ccccc1)C(=O)O. The van der Waals surface area contributed by atoms with Crippen LogP contribution in [0.4, 0.5) is 0 Å². The van der Waals surface area contributed by atoms with E-state index < -0.39 is 41.8 Å². The van der Waals surface area contributed by atoms with Crippen LogP contribution in [-0.2, 0) is 45.0 Å². The predicted molar refractivity (Wildman–Crippen MR) is 160 cm³/mol. The normalized spacial score (nSPS) is 13.1. The molecule has 1 heterocycles. The summed E-state index contributed by atoms with van der Waals surface area (Å²) in [6.07, 6.45) is 1.08. The first-order valence-corrected chi connectivity index (χ1v) is 14.8. The second-order valence-electron chi connectivity index (χ2n) is 10.5. The molecule has 3 atom stereocenters. The summed E-state index contributed by atoms with van der Waals surface area (Å²) in [5.41, 5.74) is 2.22. The molecule has 0 radical (unpaired) electrons. The number of hydrogen-bond acceptors (Lipinski definition) is 7. The quantitative estimate of drug-likeness (QED) is 0.171. The molecule has 0 fully saturated rings. The standard InChI is InChI=1S/C31H38N4O6S/c1-20(2)15-25(30(39)35-26(31(40)41)16-22-11-7-4-8-12-22)34-29(38)24(14-13-21-9-5-3-6-10-21)33-27(37)17-23-19-42-28(18-36)32-23/h3-12,19-20,24-26,36H,13-18H2,1-2H3,(H,33,37)(H,34,38)(H,35,39)(H,40,41)/t24-,25-,26-/m0/s1. The Labute approximate surface area is 249 Å². The lowest BCUT2D eigenvalue weighted by Crippen LogP contribution is -2.56. The number of carboxylic acids is 1. The fraction of sp³-hybridized carbons (Fsp3) is 0.387. The summed E-state index contributed by atoms with van der Waals surface area (Å²) < 4.78 is 0. The summed E-state index contributed by atoms with van der Waals surface area (Å²) in [4.78, 5) is 55.9. The fourth-order valence-corrected chi connectivity index (χ4v) is 5.09. The topological polar surface area (TPSA) is 158 Å². The smallest absolute Gasteiger partial charge is 0.326 e. The van der Waals surface area contributed by atoms with E-state index in [1.54, 1.807) is 29.6 Å². The van der Waals surface area contributed by atoms with Crippen molar-refractivity contribution in [2.45, 2.75) is 70.7 Å². The highest BCUT2D eigenvalue weighted by Gasteiger charge is 2.30. The monoisotopic (exact) mass is 594 g/mol. The van der Waals surface area contributed by atoms with Gasteiger partial charge in [0.2, 0.25) is 17.7 Å². The van der Waals surface area contributed by atoms with Gasteiger partial charge in [0.15, 0.2) is 0 Å². The van der Waals surface area contributed by atoms with Crippen molar-refractivity contribution in [1.29, 1.82) is 0 Å². The number of aryl methyl sites for hydroxylation is 1. The molecule has 3 rings (SSSR count). The van der Waals surface area contributed by atoms with Gasteiger partial charge in [0.1, 0.15) is 23.1 Å². The van der Waals surface area contributed by atoms with Crippen LogP contribution in [0.15, 0.2) is 66.0 Å². The molecule has 11 heteroatoms. The number of amides is 3. The van der Waals surface area contributed by atoms with Crippen LogP contribution >= 0.6 is 11.3 Å². The second-order valence-corrected chi connectivity index (χ2v) is 11.4. The number of carboxylic acid groups (broad SMARTS) is 1. The van der Waals surface area contributed by atoms with Crippen molar-refractivity contribution >= 4 is 35.0 Å². The third-order valence-electron chi connectivity index (χ3n) is 6.53. The van der Waals surface area contributed by atoms with Crippen LogP contribution in [0, 0.1) is 5.92 Å². The zero-order valence-electron chi connectivity index (χ0n) is 23.8. The average Bonchev–Trinajstić information content (AvgIpc) is 3.42. The van der Waals surface area contributed by atoms with E-state index in [9.17, 15) is 29.4 Å². The zero-order valence-corrected chi connectivity index (χ0v) is 24.6. The number of aromatic nitrogens is 1. The van der Waals surface area contributed by atoms with Crippen molar-refractivity contribution < 1.29 is 29.4 Å². The molecule has 0 spiro atoms. The molecule has 224 valence electrons. The molecule has 5 N–H and O–H groups in total. The van der Waals surface area contributed by atoms with Gasteiger partial charge in [0.25, 0.3) is 0 Å². The number of carbonyl (C=O) groups is 4. The van der Waals surface area contributed by atoms with Gasteiger partial charge in [-0.1, -0.05) is 74.5 Å². The summed E-state index contributed by atoms with van der Waals surface area (Å²) in [7, 11) is 0. The molecule has 0 bridgehead atoms. The first-order chi connectivity index (χ1) is 20.1. The van der Waals surface area contributed by atoms with Crippen LogP contribution in [0.25, 0.3) is 0 Å². The highest BCUT2D eigenvalue weighted by Crippen LogP contribution is 2.12. The number of nitrogens with one attached hydrogen (secondary N) is 3. The van der Waals surface area contributed by atoms with E-state index in [-0.39, 0.29) is 38.2 Å². The van der Waals surface area contributed by atoms with Crippen molar-refractivity contribution in [1.82, 2.24) is 20.9 Å². The van der Waals surface area contributed by atoms with Crippen LogP contribution in [-0.4, -0.2) is 57.0 Å². The van der Waals surface area contributed by atoms with Crippen molar-refractivity contribution in [2.24, 2.45) is 5.92 Å². The predicted octanol–water partition coefficient (Wildman–Crippen LogP) is 2.64. The van der Waals surface area contributed by atoms with Crippen LogP contribution < -0.4 is 16.0 Å². The Bertz CT molecular complexity index is 1320. The fourth-order valence-electron chi connectivity index (χ4n) is 4.43. The Kier molecular flexibility index (Phi) is 12.6. The van der Waals surface area contributed by atoms with E-state index in [1.165, 1.54) is 11.3 Å². The van der Waals surface area contributed by atoms with Gasteiger partial charge in [0, 0.05) is 11.8 Å². The molecule has 0 unspecified atom stereocenters. The molecule has 10 nitrogen and oxygen atoms in total. The minimum absolute atomic E-state index is 0.0150. The van der Waals surface area contributed by atoms with Gasteiger partial charge in [0.05, 0.1) is 18.7 Å². The minimum atomic E-state index is -1.18. The molecule has 0 aliphatic carbocycles. The lowest BCUT2D eigenvalue weighted by atomic mass is 10.00. The number of rotatable bonds is 16. The van der Waals surface area contributed by atoms with E-state index in [0.717, 1.165) is 11.1 Å². The minimum Gasteiger partial charge on any atom is -0.480 e. The first-order valence-electron chi connectivity index (χ1n) is 13.9. The molecule has 0 saturated carbocycles. The molecular formula is C31H38N4O6S. The number of benzene rings is 2. The molecule has 1 aromatic heterocycles. The van der Waals surface area contributed by atoms with Crippen molar-refractivity contribution in [3.8, 4) is 0 Å². The third-order valence-corrected chi connectivity index (χ3v) is 7.41. The zero-order chi connectivity index (χ0) is 30.5. The molecule has 42 heavy (non-hydrogen) atoms. The van der Waals surface area contributed by atoms with Gasteiger partial charge < -0.3 is 26.2 Å². The number of thiazole rings is 1. The van der Waals surface area contributed by atoms with Crippen molar-refractivity contribution in [3.63, 3.8) is 0 Å². The lowest BCUT2D eigenvalue weighted by molar-refractivity contribution is -0.142. The molecule has 3 amide bonds. The first kappa shape index (κ1) is 32.4. The summed E-state index contributed by atoms with van der Waals surface area (Å²) >= 11 is 1.24. The largest absolute Gasteiger partial charge is 0.480 e. The number of carbonyl (C=O) groups excluding carboxylic acids is 3. The number of aliphatic carboxylic acids is 1. The van der Waals surface area contributed by atoms with Crippen LogP contribution in [0.5, 0.6) is 0 Å². The average molecular weight is 595 g/mol. The van der Waals surface area contributed by atoms with Gasteiger partial charge in [-0.15, -0.1) is 11.3 Å². The number of aliphatic hydroxyl groups excluding tert-OH is 1. The number of hydrogen-bond donors (Lipinski definition) is 5. The number of nitrogens with zero attached hydrogens (tertiary/aromatic N) is 1. The Morgan fingerprint density at radius 3 is 2.00 bits per heavy atom. The maximum atomic E-state index is 13.5. The van der Waals surface area contributed by atoms with Crippen LogP contribution in [0.1, 0.15) is 48.5 Å².